The number of aliphatic hydroxyl groups is 1. The van der Waals surface area contributed by atoms with Crippen molar-refractivity contribution in [1.29, 1.82) is 0 Å². The number of H-pyrrole nitrogens is 1. The van der Waals surface area contributed by atoms with Gasteiger partial charge in [0.15, 0.2) is 5.96 Å². The van der Waals surface area contributed by atoms with Crippen LogP contribution in [0.15, 0.2) is 17.5 Å². The van der Waals surface area contributed by atoms with Gasteiger partial charge in [0.2, 0.25) is 65.0 Å². The summed E-state index contributed by atoms with van der Waals surface area (Å²) < 4.78 is 0. The van der Waals surface area contributed by atoms with Crippen molar-refractivity contribution in [2.45, 2.75) is 166 Å². The van der Waals surface area contributed by atoms with Gasteiger partial charge in [-0.3, -0.25) is 57.7 Å². The van der Waals surface area contributed by atoms with Gasteiger partial charge >= 0.3 is 5.97 Å². The van der Waals surface area contributed by atoms with Gasteiger partial charge < -0.3 is 91.3 Å². The smallest absolute Gasteiger partial charge is 0.326 e. The zero-order valence-corrected chi connectivity index (χ0v) is 47.4. The molecule has 11 atom stereocenters. The van der Waals surface area contributed by atoms with Crippen LogP contribution >= 0.6 is 11.8 Å². The number of hydrogen-bond acceptors (Lipinski definition) is 17. The predicted molar refractivity (Wildman–Crippen MR) is 295 cm³/mol. The standard InChI is InChI=1S/C49H83N17O14S/c1-7-25(4)38(46(77)63-33(22-67)47(78)66-18-9-11-34(66)44(75)61-31(48(79)80)10-8-17-56-49(53)54)65-39(70)26(5)58-41(72)29(13-15-36(52)69)60-43(74)32(20-27-21-55-23-57-27)62-45(76)37(24(2)3)64-42(73)30(16-19-81-6)59-40(71)28(50)12-14-35(51)68/h21,23-26,28-34,37-38,67H,7-20,22,50H2,1-6H3,(H2,51,68)(H2,52,69)(H,55,57)(H,58,72)(H,59,71)(H,60,74)(H,61,75)(H,62,76)(H,63,77)(H,64,73)(H,65,70)(H,79,80)(H4,53,54,56)/t25-,26-,28-,29-,30-,31-,32-,33-,34-,37-,38-/m0/s1. The number of carbonyl (C=O) groups excluding carboxylic acids is 11. The number of likely N-dealkylation sites (tertiary alicyclic amines) is 1. The number of nitrogens with zero attached hydrogens (tertiary/aromatic N) is 3. The lowest BCUT2D eigenvalue weighted by Gasteiger charge is -2.31. The van der Waals surface area contributed by atoms with Crippen molar-refractivity contribution >= 4 is 88.7 Å². The van der Waals surface area contributed by atoms with Crippen LogP contribution < -0.4 is 71.2 Å². The van der Waals surface area contributed by atoms with Crippen molar-refractivity contribution in [2.24, 2.45) is 45.5 Å². The lowest BCUT2D eigenvalue weighted by atomic mass is 9.97. The van der Waals surface area contributed by atoms with E-state index >= 15 is 0 Å². The van der Waals surface area contributed by atoms with Gasteiger partial charge in [-0.05, 0) is 75.7 Å². The lowest BCUT2D eigenvalue weighted by molar-refractivity contribution is -0.145. The van der Waals surface area contributed by atoms with Crippen LogP contribution in [0.25, 0.3) is 0 Å². The number of aromatic nitrogens is 2. The number of aliphatic imine (C=N–C) groups is 1. The highest BCUT2D eigenvalue weighted by Gasteiger charge is 2.41. The van der Waals surface area contributed by atoms with Gasteiger partial charge in [-0.25, -0.2) is 9.78 Å². The molecule has 0 unspecified atom stereocenters. The van der Waals surface area contributed by atoms with E-state index in [0.717, 1.165) is 4.90 Å². The number of amides is 11. The van der Waals surface area contributed by atoms with Crippen LogP contribution in [-0.2, 0) is 64.0 Å². The predicted octanol–water partition coefficient (Wildman–Crippen LogP) is -5.71. The third kappa shape index (κ3) is 23.9. The molecule has 21 N–H and O–H groups in total. The molecule has 0 saturated carbocycles. The molecule has 32 heteroatoms. The van der Waals surface area contributed by atoms with E-state index in [1.54, 1.807) is 34.0 Å². The summed E-state index contributed by atoms with van der Waals surface area (Å²) in [7, 11) is 0. The molecule has 0 aliphatic carbocycles. The van der Waals surface area contributed by atoms with Crippen molar-refractivity contribution in [1.82, 2.24) is 57.4 Å². The highest BCUT2D eigenvalue weighted by Crippen LogP contribution is 2.20. The Morgan fingerprint density at radius 2 is 1.28 bits per heavy atom. The Hall–Kier alpha value is -7.61. The molecule has 81 heavy (non-hydrogen) atoms. The first-order valence-corrected chi connectivity index (χ1v) is 28.0. The molecule has 0 aromatic carbocycles. The summed E-state index contributed by atoms with van der Waals surface area (Å²) in [5, 5.41) is 40.3. The van der Waals surface area contributed by atoms with Gasteiger partial charge in [0.25, 0.3) is 0 Å². The third-order valence-electron chi connectivity index (χ3n) is 13.2. The van der Waals surface area contributed by atoms with E-state index in [1.807, 2.05) is 0 Å². The Labute approximate surface area is 473 Å². The molecule has 11 amide bonds. The second-order valence-electron chi connectivity index (χ2n) is 20.0. The molecule has 1 aliphatic heterocycles. The van der Waals surface area contributed by atoms with Crippen LogP contribution in [0, 0.1) is 11.8 Å². The van der Waals surface area contributed by atoms with Gasteiger partial charge in [0.1, 0.15) is 54.4 Å². The SMILES string of the molecule is CC[C@H](C)[C@H](NC(=O)[C@H](C)NC(=O)[C@H](CCC(N)=O)NC(=O)[C@H](Cc1cnc[nH]1)NC(=O)[C@@H](NC(=O)[C@H](CCSC)NC(=O)[C@@H](N)CCC(N)=O)C(C)C)C(=O)N[C@@H](CO)C(=O)N1CCC[C@H]1C(=O)N[C@@H](CCCN=C(N)N)C(=O)O. The number of aliphatic carboxylic acids is 1. The number of aliphatic hydroxyl groups excluding tert-OH is 1. The molecule has 0 bridgehead atoms. The summed E-state index contributed by atoms with van der Waals surface area (Å²) in [4.78, 5) is 171. The molecule has 1 aliphatic rings. The van der Waals surface area contributed by atoms with E-state index in [9.17, 15) is 67.7 Å². The molecule has 454 valence electrons. The molecule has 2 rings (SSSR count). The molecule has 31 nitrogen and oxygen atoms in total. The number of rotatable bonds is 37. The Kier molecular flexibility index (Phi) is 30.2. The van der Waals surface area contributed by atoms with Gasteiger partial charge in [-0.1, -0.05) is 34.1 Å². The minimum absolute atomic E-state index is 0.0301. The van der Waals surface area contributed by atoms with Crippen molar-refractivity contribution in [3.05, 3.63) is 18.2 Å². The number of nitrogens with two attached hydrogens (primary N) is 5. The molecule has 1 saturated heterocycles. The topological polar surface area (TPSA) is 516 Å². The number of hydrogen-bond donors (Lipinski definition) is 16. The highest BCUT2D eigenvalue weighted by atomic mass is 32.2. The molecular formula is C49H83N17O14S. The minimum atomic E-state index is -1.61. The number of carbonyl (C=O) groups is 12. The molecule has 0 spiro atoms. The van der Waals surface area contributed by atoms with Crippen LogP contribution in [0.4, 0.5) is 0 Å². The van der Waals surface area contributed by atoms with Gasteiger partial charge in [0, 0.05) is 44.2 Å². The zero-order valence-electron chi connectivity index (χ0n) is 46.6. The van der Waals surface area contributed by atoms with E-state index in [4.69, 9.17) is 28.7 Å². The average molecular weight is 1170 g/mol. The Balaban J connectivity index is 2.29. The largest absolute Gasteiger partial charge is 0.480 e. The lowest BCUT2D eigenvalue weighted by Crippen LogP contribution is -2.61. The van der Waals surface area contributed by atoms with E-state index < -0.39 is 156 Å². The van der Waals surface area contributed by atoms with Crippen LogP contribution in [0.3, 0.4) is 0 Å². The number of primary amides is 2. The fourth-order valence-electron chi connectivity index (χ4n) is 8.25. The summed E-state index contributed by atoms with van der Waals surface area (Å²) in [6, 6.07) is -13.6. The molecule has 1 fully saturated rings. The van der Waals surface area contributed by atoms with Crippen LogP contribution in [0.1, 0.15) is 105 Å². The van der Waals surface area contributed by atoms with Crippen LogP contribution in [0.2, 0.25) is 0 Å². The fraction of sp³-hybridized carbons (Fsp3) is 0.673. The first-order chi connectivity index (χ1) is 38.1. The van der Waals surface area contributed by atoms with E-state index in [0.29, 0.717) is 24.3 Å². The van der Waals surface area contributed by atoms with Gasteiger partial charge in [-0.15, -0.1) is 0 Å². The van der Waals surface area contributed by atoms with Crippen molar-refractivity contribution < 1.29 is 67.7 Å². The van der Waals surface area contributed by atoms with Crippen LogP contribution in [0.5, 0.6) is 0 Å². The Bertz CT molecular complexity index is 2360. The minimum Gasteiger partial charge on any atom is -0.480 e. The van der Waals surface area contributed by atoms with Gasteiger partial charge in [0.05, 0.1) is 19.0 Å². The normalized spacial score (nSPS) is 16.7. The quantitative estimate of drug-likeness (QED) is 0.0168. The molecule has 1 aromatic rings. The number of guanidine groups is 1. The van der Waals surface area contributed by atoms with Gasteiger partial charge in [-0.2, -0.15) is 11.8 Å². The first-order valence-electron chi connectivity index (χ1n) is 26.6. The molecule has 1 aromatic heterocycles. The third-order valence-corrected chi connectivity index (χ3v) is 13.8. The molecular weight excluding hydrogens is 1080 g/mol. The summed E-state index contributed by atoms with van der Waals surface area (Å²) in [5.74, 6) is -11.5. The van der Waals surface area contributed by atoms with E-state index in [1.165, 1.54) is 31.2 Å². The number of imidazole rings is 1. The van der Waals surface area contributed by atoms with Crippen molar-refractivity contribution in [2.75, 3.05) is 31.7 Å². The number of nitrogens with one attached hydrogen (secondary N) is 9. The summed E-state index contributed by atoms with van der Waals surface area (Å²) >= 11 is 1.39. The van der Waals surface area contributed by atoms with Crippen LogP contribution in [-0.4, -0.2) is 194 Å². The van der Waals surface area contributed by atoms with Crippen molar-refractivity contribution in [3.8, 4) is 0 Å². The number of carboxylic acid groups (broad SMARTS) is 1. The number of aromatic amines is 1. The van der Waals surface area contributed by atoms with E-state index in [-0.39, 0.29) is 70.4 Å². The average Bonchev–Trinajstić information content (AvgIpc) is 4.13. The second kappa shape index (κ2) is 35.2. The molecule has 2 heterocycles. The number of thioether (sulfide) groups is 1. The Morgan fingerprint density at radius 1 is 0.716 bits per heavy atom. The second-order valence-corrected chi connectivity index (χ2v) is 21.0. The maximum atomic E-state index is 14.2. The Morgan fingerprint density at radius 3 is 1.85 bits per heavy atom. The summed E-state index contributed by atoms with van der Waals surface area (Å²) in [6.07, 6.45) is 4.28. The highest BCUT2D eigenvalue weighted by molar-refractivity contribution is 7.98. The molecule has 0 radical (unpaired) electrons. The first kappa shape index (κ1) is 69.5. The fourth-order valence-corrected chi connectivity index (χ4v) is 8.73. The zero-order chi connectivity index (χ0) is 61.1. The number of carboxylic acids is 1. The maximum Gasteiger partial charge on any atom is 0.326 e. The maximum absolute atomic E-state index is 14.2. The van der Waals surface area contributed by atoms with E-state index in [2.05, 4.69) is 57.5 Å². The monoisotopic (exact) mass is 1170 g/mol. The van der Waals surface area contributed by atoms with Crippen molar-refractivity contribution in [3.63, 3.8) is 0 Å². The summed E-state index contributed by atoms with van der Waals surface area (Å²) in [5.41, 5.74) is 27.5. The summed E-state index contributed by atoms with van der Waals surface area (Å²) in [6.45, 7) is 7.05.